The molecule has 0 aromatic heterocycles. The number of allylic oxidation sites excluding steroid dienone is 2. The molecule has 2 unspecified atom stereocenters. The van der Waals surface area contributed by atoms with Crippen LogP contribution < -0.4 is 11.1 Å². The second-order valence-corrected chi connectivity index (χ2v) is 26.3. The third kappa shape index (κ3) is 18.1. The van der Waals surface area contributed by atoms with Crippen molar-refractivity contribution in [1.82, 2.24) is 0 Å². The molecule has 2 atom stereocenters. The van der Waals surface area contributed by atoms with E-state index in [9.17, 15) is 28.8 Å². The number of esters is 3. The van der Waals surface area contributed by atoms with Crippen molar-refractivity contribution >= 4 is 47.3 Å². The summed E-state index contributed by atoms with van der Waals surface area (Å²) >= 11 is 0. The number of ether oxygens (including phenoxy) is 4. The van der Waals surface area contributed by atoms with Crippen LogP contribution in [0.5, 0.6) is 0 Å². The molecular formula is C63H90N2O10. The lowest BCUT2D eigenvalue weighted by atomic mass is 9.78. The Morgan fingerprint density at radius 1 is 0.547 bits per heavy atom. The van der Waals surface area contributed by atoms with Crippen LogP contribution in [0.4, 0.5) is 11.4 Å². The number of ketones is 2. The van der Waals surface area contributed by atoms with E-state index in [1.54, 1.807) is 0 Å². The molecule has 12 nitrogen and oxygen atoms in total. The van der Waals surface area contributed by atoms with Gasteiger partial charge in [-0.05, 0) is 102 Å². The van der Waals surface area contributed by atoms with Crippen LogP contribution in [0.15, 0.2) is 77.0 Å². The molecular weight excluding hydrogens is 945 g/mol. The van der Waals surface area contributed by atoms with Crippen molar-refractivity contribution in [3.63, 3.8) is 0 Å². The van der Waals surface area contributed by atoms with Crippen LogP contribution in [-0.2, 0) is 86.6 Å². The molecule has 0 bridgehead atoms. The minimum Gasteiger partial charge on any atom is -0.468 e. The van der Waals surface area contributed by atoms with Gasteiger partial charge in [-0.3, -0.25) is 19.2 Å². The lowest BCUT2D eigenvalue weighted by molar-refractivity contribution is -0.155. The molecule has 3 N–H and O–H groups in total. The zero-order valence-electron chi connectivity index (χ0n) is 49.3. The minimum absolute atomic E-state index is 0.0379. The summed E-state index contributed by atoms with van der Waals surface area (Å²) in [6, 6.07) is 19.7. The first-order valence-corrected chi connectivity index (χ1v) is 26.0. The predicted octanol–water partition coefficient (Wildman–Crippen LogP) is 12.6. The Morgan fingerprint density at radius 3 is 1.33 bits per heavy atom. The topological polar surface area (TPSA) is 177 Å². The molecule has 1 fully saturated rings. The van der Waals surface area contributed by atoms with Crippen LogP contribution in [0.2, 0.25) is 0 Å². The van der Waals surface area contributed by atoms with Gasteiger partial charge in [-0.15, -0.1) is 0 Å². The molecule has 0 amide bonds. The quantitative estimate of drug-likeness (QED) is 0.0647. The van der Waals surface area contributed by atoms with Gasteiger partial charge in [0.1, 0.15) is 24.1 Å². The number of nitrogens with two attached hydrogens (primary N) is 1. The molecule has 2 aliphatic rings. The SMILES string of the molecule is CC(C)(C)c1cc(N)cc(C(C)(C)C)c1.COC(=O)C1=C(Cc2cc(C(C)(C)C)cc(C(C)(C)C)c2)CC(C(=O)OC)=C(Nc2cc(C(C)(C)C)cc(C(C)(C)C)c2)C1.COC(=O)C1CC(=O)C(COC=O)CC1=O. The lowest BCUT2D eigenvalue weighted by Gasteiger charge is -2.29. The lowest BCUT2D eigenvalue weighted by Crippen LogP contribution is -2.38. The maximum atomic E-state index is 13.3. The van der Waals surface area contributed by atoms with E-state index >= 15 is 0 Å². The van der Waals surface area contributed by atoms with Crippen LogP contribution in [0, 0.1) is 11.8 Å². The summed E-state index contributed by atoms with van der Waals surface area (Å²) in [5.74, 6) is -3.67. The van der Waals surface area contributed by atoms with Gasteiger partial charge in [0.25, 0.3) is 6.47 Å². The van der Waals surface area contributed by atoms with Crippen LogP contribution >= 0.6 is 0 Å². The Hall–Kier alpha value is -6.04. The average molecular weight is 1040 g/mol. The van der Waals surface area contributed by atoms with Gasteiger partial charge in [-0.2, -0.15) is 0 Å². The monoisotopic (exact) mass is 1030 g/mol. The van der Waals surface area contributed by atoms with Crippen molar-refractivity contribution in [1.29, 1.82) is 0 Å². The fourth-order valence-electron chi connectivity index (χ4n) is 8.59. The zero-order chi connectivity index (χ0) is 57.4. The fourth-order valence-corrected chi connectivity index (χ4v) is 8.59. The van der Waals surface area contributed by atoms with Crippen LogP contribution in [0.25, 0.3) is 0 Å². The van der Waals surface area contributed by atoms with Crippen molar-refractivity contribution in [2.75, 3.05) is 39.0 Å². The Labute approximate surface area is 449 Å². The fraction of sp³-hybridized carbons (Fsp3) is 0.556. The number of nitrogen functional groups attached to an aromatic ring is 1. The molecule has 2 aliphatic carbocycles. The van der Waals surface area contributed by atoms with Crippen molar-refractivity contribution in [3.8, 4) is 0 Å². The average Bonchev–Trinajstić information content (AvgIpc) is 3.29. The maximum Gasteiger partial charge on any atom is 0.335 e. The molecule has 1 saturated carbocycles. The summed E-state index contributed by atoms with van der Waals surface area (Å²) in [7, 11) is 3.99. The zero-order valence-corrected chi connectivity index (χ0v) is 49.3. The van der Waals surface area contributed by atoms with Crippen molar-refractivity contribution in [3.05, 3.63) is 116 Å². The Balaban J connectivity index is 0.000000386. The summed E-state index contributed by atoms with van der Waals surface area (Å²) in [6.45, 7) is 39.9. The molecule has 0 radical (unpaired) electrons. The highest BCUT2D eigenvalue weighted by Crippen LogP contribution is 2.39. The van der Waals surface area contributed by atoms with Gasteiger partial charge in [0.05, 0.1) is 32.8 Å². The molecule has 12 heteroatoms. The molecule has 75 heavy (non-hydrogen) atoms. The molecule has 0 spiro atoms. The number of carbonyl (C=O) groups excluding carboxylic acids is 6. The first-order valence-electron chi connectivity index (χ1n) is 26.0. The van der Waals surface area contributed by atoms with Gasteiger partial charge >= 0.3 is 17.9 Å². The summed E-state index contributed by atoms with van der Waals surface area (Å²) in [6.07, 6.45) is 0.848. The van der Waals surface area contributed by atoms with Gasteiger partial charge in [-0.1, -0.05) is 161 Å². The second kappa shape index (κ2) is 24.7. The van der Waals surface area contributed by atoms with E-state index in [0.29, 0.717) is 29.7 Å². The maximum absolute atomic E-state index is 13.3. The molecule has 5 rings (SSSR count). The highest BCUT2D eigenvalue weighted by molar-refractivity contribution is 6.07. The highest BCUT2D eigenvalue weighted by atomic mass is 16.5. The number of carbonyl (C=O) groups is 6. The molecule has 3 aromatic rings. The number of rotatable bonds is 10. The number of benzene rings is 3. The largest absolute Gasteiger partial charge is 0.468 e. The molecule has 3 aromatic carbocycles. The molecule has 0 aliphatic heterocycles. The first kappa shape index (κ1) is 63.3. The van der Waals surface area contributed by atoms with Crippen molar-refractivity contribution < 1.29 is 47.7 Å². The van der Waals surface area contributed by atoms with E-state index in [1.165, 1.54) is 54.7 Å². The number of nitrogens with one attached hydrogen (secondary N) is 1. The number of methoxy groups -OCH3 is 3. The number of hydrogen-bond acceptors (Lipinski definition) is 12. The highest BCUT2D eigenvalue weighted by Gasteiger charge is 2.40. The van der Waals surface area contributed by atoms with E-state index in [-0.39, 0.29) is 82.4 Å². The first-order chi connectivity index (χ1) is 34.2. The van der Waals surface area contributed by atoms with Gasteiger partial charge in [-0.25, -0.2) is 9.59 Å². The number of hydrogen-bond donors (Lipinski definition) is 2. The smallest absolute Gasteiger partial charge is 0.335 e. The van der Waals surface area contributed by atoms with Gasteiger partial charge < -0.3 is 30.0 Å². The van der Waals surface area contributed by atoms with E-state index in [1.807, 2.05) is 0 Å². The second-order valence-electron chi connectivity index (χ2n) is 26.3. The summed E-state index contributed by atoms with van der Waals surface area (Å²) in [5, 5.41) is 3.56. The number of Topliss-reactive ketones (excluding diaryl/α,β-unsaturated/α-hetero) is 2. The van der Waals surface area contributed by atoms with Crippen molar-refractivity contribution in [2.45, 2.75) is 189 Å². The summed E-state index contributed by atoms with van der Waals surface area (Å²) < 4.78 is 19.5. The third-order valence-corrected chi connectivity index (χ3v) is 13.7. The summed E-state index contributed by atoms with van der Waals surface area (Å²) in [5.41, 5.74) is 19.1. The third-order valence-electron chi connectivity index (χ3n) is 13.7. The molecule has 0 saturated heterocycles. The predicted molar refractivity (Wildman–Crippen MR) is 301 cm³/mol. The molecule has 0 heterocycles. The Morgan fingerprint density at radius 2 is 0.947 bits per heavy atom. The molecule has 412 valence electrons. The Kier molecular flexibility index (Phi) is 20.9. The van der Waals surface area contributed by atoms with E-state index in [0.717, 1.165) is 22.5 Å². The van der Waals surface area contributed by atoms with E-state index < -0.39 is 23.8 Å². The summed E-state index contributed by atoms with van der Waals surface area (Å²) in [4.78, 5) is 70.7. The van der Waals surface area contributed by atoms with E-state index in [4.69, 9.17) is 15.2 Å². The normalized spacial score (nSPS) is 16.7. The minimum atomic E-state index is -0.995. The van der Waals surface area contributed by atoms with Crippen LogP contribution in [-0.4, -0.2) is 63.9 Å². The van der Waals surface area contributed by atoms with Crippen molar-refractivity contribution in [2.24, 2.45) is 11.8 Å². The Bertz CT molecular complexity index is 2430. The number of anilines is 2. The van der Waals surface area contributed by atoms with Crippen LogP contribution in [0.3, 0.4) is 0 Å². The van der Waals surface area contributed by atoms with Gasteiger partial charge in [0, 0.05) is 48.3 Å². The van der Waals surface area contributed by atoms with Gasteiger partial charge in [0.2, 0.25) is 0 Å². The standard InChI is InChI=1S/C39H55NO4.C14H23N.C10H12O6/c1-36(2,3)26-16-24(17-27(19-26)37(4,5)6)15-25-18-32(35(42)44-14)33(23-31(25)34(41)43-13)40-30-21-28(38(7,8)9)20-29(22-30)39(10,11)12;1-13(2,3)10-7-11(14(4,5)6)9-12(15)8-10;1-15-10(14)7-3-8(12)6(2-9(7)13)4-16-5-11/h16-17,19-22,40H,15,18,23H2,1-14H3;7-9H,15H2,1-6H3;5-7H,2-4H2,1H3. The van der Waals surface area contributed by atoms with Gasteiger partial charge in [0.15, 0.2) is 0 Å². The van der Waals surface area contributed by atoms with E-state index in [2.05, 4.69) is 194 Å². The van der Waals surface area contributed by atoms with Crippen LogP contribution in [0.1, 0.15) is 189 Å².